The SMILES string of the molecule is COCCCn1ccc2ccc(CC(C[C@H](N)C(CC(C(=O)NCC3CC3)C(C)C)OC(=O)C(NC(=O)CN)C(C)C)C(C)C)cc21. The number of nitrogens with zero attached hydrogens (tertiary/aromatic N) is 1. The first-order chi connectivity index (χ1) is 22.3. The van der Waals surface area contributed by atoms with Crippen LogP contribution in [-0.2, 0) is 36.8 Å². The smallest absolute Gasteiger partial charge is 0.329 e. The summed E-state index contributed by atoms with van der Waals surface area (Å²) in [6.07, 6.45) is 6.39. The molecule has 0 bridgehead atoms. The molecule has 264 valence electrons. The minimum Gasteiger partial charge on any atom is -0.459 e. The minimum atomic E-state index is -0.866. The van der Waals surface area contributed by atoms with Crippen molar-refractivity contribution in [1.29, 1.82) is 0 Å². The maximum absolute atomic E-state index is 13.6. The lowest BCUT2D eigenvalue weighted by atomic mass is 9.80. The Bertz CT molecular complexity index is 1290. The van der Waals surface area contributed by atoms with Crippen molar-refractivity contribution in [3.8, 4) is 0 Å². The molecular formula is C37H61N5O5. The number of rotatable bonds is 21. The molecule has 2 amide bonds. The highest BCUT2D eigenvalue weighted by atomic mass is 16.5. The number of hydrogen-bond donors (Lipinski definition) is 4. The van der Waals surface area contributed by atoms with Gasteiger partial charge in [-0.3, -0.25) is 9.59 Å². The van der Waals surface area contributed by atoms with Gasteiger partial charge in [0.25, 0.3) is 0 Å². The molecule has 1 saturated carbocycles. The third kappa shape index (κ3) is 11.9. The summed E-state index contributed by atoms with van der Waals surface area (Å²) >= 11 is 0. The van der Waals surface area contributed by atoms with E-state index in [1.165, 1.54) is 16.5 Å². The molecule has 1 heterocycles. The molecular weight excluding hydrogens is 594 g/mol. The zero-order valence-corrected chi connectivity index (χ0v) is 29.8. The van der Waals surface area contributed by atoms with Gasteiger partial charge in [0, 0.05) is 50.5 Å². The van der Waals surface area contributed by atoms with Crippen LogP contribution in [0.3, 0.4) is 0 Å². The van der Waals surface area contributed by atoms with Crippen molar-refractivity contribution in [1.82, 2.24) is 15.2 Å². The number of amides is 2. The van der Waals surface area contributed by atoms with Crippen LogP contribution in [0.4, 0.5) is 0 Å². The van der Waals surface area contributed by atoms with Crippen LogP contribution in [0, 0.1) is 35.5 Å². The Kier molecular flexibility index (Phi) is 15.2. The topological polar surface area (TPSA) is 151 Å². The van der Waals surface area contributed by atoms with Crippen molar-refractivity contribution in [3.63, 3.8) is 0 Å². The molecule has 1 aromatic heterocycles. The maximum atomic E-state index is 13.6. The molecule has 6 N–H and O–H groups in total. The van der Waals surface area contributed by atoms with E-state index in [1.54, 1.807) is 7.11 Å². The molecule has 0 saturated heterocycles. The van der Waals surface area contributed by atoms with Crippen LogP contribution in [0.2, 0.25) is 0 Å². The van der Waals surface area contributed by atoms with E-state index < -0.39 is 30.1 Å². The first-order valence-corrected chi connectivity index (χ1v) is 17.6. The highest BCUT2D eigenvalue weighted by molar-refractivity contribution is 5.85. The Morgan fingerprint density at radius 3 is 2.32 bits per heavy atom. The molecule has 0 radical (unpaired) electrons. The molecule has 2 aromatic rings. The fourth-order valence-electron chi connectivity index (χ4n) is 6.22. The predicted octanol–water partition coefficient (Wildman–Crippen LogP) is 4.41. The number of aromatic nitrogens is 1. The Morgan fingerprint density at radius 1 is 1.00 bits per heavy atom. The summed E-state index contributed by atoms with van der Waals surface area (Å²) in [5, 5.41) is 7.03. The van der Waals surface area contributed by atoms with E-state index in [2.05, 4.69) is 59.5 Å². The van der Waals surface area contributed by atoms with Crippen LogP contribution in [-0.4, -0.2) is 67.3 Å². The van der Waals surface area contributed by atoms with Gasteiger partial charge in [-0.25, -0.2) is 4.79 Å². The molecule has 3 rings (SSSR count). The van der Waals surface area contributed by atoms with Gasteiger partial charge in [0.15, 0.2) is 0 Å². The summed E-state index contributed by atoms with van der Waals surface area (Å²) < 4.78 is 13.7. The van der Waals surface area contributed by atoms with Gasteiger partial charge in [0.05, 0.1) is 6.54 Å². The summed E-state index contributed by atoms with van der Waals surface area (Å²) in [6, 6.07) is 7.40. The van der Waals surface area contributed by atoms with Gasteiger partial charge in [-0.2, -0.15) is 0 Å². The first kappa shape index (κ1) is 38.5. The van der Waals surface area contributed by atoms with Crippen LogP contribution in [0.1, 0.15) is 79.2 Å². The molecule has 1 aliphatic rings. The van der Waals surface area contributed by atoms with Crippen LogP contribution in [0.5, 0.6) is 0 Å². The van der Waals surface area contributed by atoms with Crippen molar-refractivity contribution in [2.75, 3.05) is 26.8 Å². The number of methoxy groups -OCH3 is 1. The summed E-state index contributed by atoms with van der Waals surface area (Å²) in [6.45, 7) is 14.2. The highest BCUT2D eigenvalue weighted by Crippen LogP contribution is 2.30. The fraction of sp³-hybridized carbons (Fsp3) is 0.703. The standard InChI is InChI=1S/C37H61N5O5/c1-23(2)29(17-27-11-12-28-13-15-42(32(28)18-27)14-8-16-46-7)19-31(39)33(47-37(45)35(25(5)6)41-34(43)21-38)20-30(24(3)4)36(44)40-22-26-9-10-26/h11-13,15,18,23-26,29-31,33,35H,8-10,14,16-17,19-22,38-39H2,1-7H3,(H,40,44)(H,41,43)/t29?,30?,31-,33?,35?/m0/s1. The zero-order chi connectivity index (χ0) is 34.7. The Labute approximate surface area is 282 Å². The van der Waals surface area contributed by atoms with Crippen LogP contribution in [0.25, 0.3) is 10.9 Å². The molecule has 1 aliphatic carbocycles. The highest BCUT2D eigenvalue weighted by Gasteiger charge is 2.36. The number of nitrogens with one attached hydrogen (secondary N) is 2. The molecule has 1 fully saturated rings. The van der Waals surface area contributed by atoms with E-state index in [9.17, 15) is 14.4 Å². The monoisotopic (exact) mass is 655 g/mol. The molecule has 5 atom stereocenters. The third-order valence-corrected chi connectivity index (χ3v) is 9.66. The van der Waals surface area contributed by atoms with Crippen molar-refractivity contribution >= 4 is 28.7 Å². The number of nitrogens with two attached hydrogens (primary N) is 2. The molecule has 4 unspecified atom stereocenters. The predicted molar refractivity (Wildman–Crippen MR) is 187 cm³/mol. The summed E-state index contributed by atoms with van der Waals surface area (Å²) in [4.78, 5) is 39.1. The van der Waals surface area contributed by atoms with Crippen LogP contribution >= 0.6 is 0 Å². The van der Waals surface area contributed by atoms with Crippen molar-refractivity contribution in [2.45, 2.75) is 105 Å². The van der Waals surface area contributed by atoms with Crippen LogP contribution in [0.15, 0.2) is 30.5 Å². The van der Waals surface area contributed by atoms with Gasteiger partial charge in [-0.1, -0.05) is 53.7 Å². The Hall–Kier alpha value is -2.95. The molecule has 47 heavy (non-hydrogen) atoms. The number of benzene rings is 1. The van der Waals surface area contributed by atoms with E-state index in [4.69, 9.17) is 20.9 Å². The second kappa shape index (κ2) is 18.6. The van der Waals surface area contributed by atoms with Gasteiger partial charge in [0.2, 0.25) is 11.8 Å². The first-order valence-electron chi connectivity index (χ1n) is 17.6. The Morgan fingerprint density at radius 2 is 1.72 bits per heavy atom. The number of esters is 1. The molecule has 10 heteroatoms. The van der Waals surface area contributed by atoms with Crippen molar-refractivity contribution in [2.24, 2.45) is 47.0 Å². The van der Waals surface area contributed by atoms with E-state index >= 15 is 0 Å². The van der Waals surface area contributed by atoms with Crippen LogP contribution < -0.4 is 22.1 Å². The van der Waals surface area contributed by atoms with Crippen molar-refractivity contribution in [3.05, 3.63) is 36.0 Å². The molecule has 0 aliphatic heterocycles. The van der Waals surface area contributed by atoms with E-state index in [0.717, 1.165) is 38.8 Å². The number of aryl methyl sites for hydroxylation is 1. The summed E-state index contributed by atoms with van der Waals surface area (Å²) in [7, 11) is 1.73. The third-order valence-electron chi connectivity index (χ3n) is 9.66. The second-order valence-electron chi connectivity index (χ2n) is 14.6. The molecule has 0 spiro atoms. The average Bonchev–Trinajstić information content (AvgIpc) is 3.78. The van der Waals surface area contributed by atoms with Gasteiger partial charge >= 0.3 is 5.97 Å². The number of carbonyl (C=O) groups excluding carboxylic acids is 3. The van der Waals surface area contributed by atoms with Crippen molar-refractivity contribution < 1.29 is 23.9 Å². The lowest BCUT2D eigenvalue weighted by Crippen LogP contribution is -2.51. The fourth-order valence-corrected chi connectivity index (χ4v) is 6.22. The average molecular weight is 656 g/mol. The van der Waals surface area contributed by atoms with E-state index in [0.29, 0.717) is 31.2 Å². The van der Waals surface area contributed by atoms with Gasteiger partial charge < -0.3 is 36.1 Å². The van der Waals surface area contributed by atoms with E-state index in [1.807, 2.05) is 27.7 Å². The molecule has 10 nitrogen and oxygen atoms in total. The quantitative estimate of drug-likeness (QED) is 0.115. The van der Waals surface area contributed by atoms with Gasteiger partial charge in [-0.05, 0) is 91.2 Å². The number of hydrogen-bond acceptors (Lipinski definition) is 7. The molecule has 1 aromatic carbocycles. The minimum absolute atomic E-state index is 0.0215. The number of carbonyl (C=O) groups is 3. The van der Waals surface area contributed by atoms with Gasteiger partial charge in [0.1, 0.15) is 12.1 Å². The normalized spacial score (nSPS) is 16.7. The summed E-state index contributed by atoms with van der Waals surface area (Å²) in [5.41, 5.74) is 14.9. The van der Waals surface area contributed by atoms with Gasteiger partial charge in [-0.15, -0.1) is 0 Å². The second-order valence-corrected chi connectivity index (χ2v) is 14.6. The zero-order valence-electron chi connectivity index (χ0n) is 29.8. The Balaban J connectivity index is 1.83. The largest absolute Gasteiger partial charge is 0.459 e. The lowest BCUT2D eigenvalue weighted by molar-refractivity contribution is -0.157. The maximum Gasteiger partial charge on any atom is 0.329 e. The number of ether oxygens (including phenoxy) is 2. The number of fused-ring (bicyclic) bond motifs is 1. The lowest BCUT2D eigenvalue weighted by Gasteiger charge is -2.33. The summed E-state index contributed by atoms with van der Waals surface area (Å²) in [5.74, 6) is -0.501. The van der Waals surface area contributed by atoms with E-state index in [-0.39, 0.29) is 36.1 Å².